The third kappa shape index (κ3) is 22.7. The molecule has 74 valence electrons. The van der Waals surface area contributed by atoms with Gasteiger partial charge in [0.05, 0.1) is 0 Å². The van der Waals surface area contributed by atoms with E-state index >= 15 is 0 Å². The Morgan fingerprint density at radius 1 is 1.42 bits per heavy atom. The summed E-state index contributed by atoms with van der Waals surface area (Å²) >= 11 is 0. The summed E-state index contributed by atoms with van der Waals surface area (Å²) in [6.07, 6.45) is 1.10. The summed E-state index contributed by atoms with van der Waals surface area (Å²) in [7, 11) is 0. The van der Waals surface area contributed by atoms with Crippen molar-refractivity contribution in [3.8, 4) is 0 Å². The van der Waals surface area contributed by atoms with Gasteiger partial charge in [0.1, 0.15) is 5.60 Å². The van der Waals surface area contributed by atoms with Crippen LogP contribution in [0, 0.1) is 0 Å². The minimum Gasteiger partial charge on any atom is -0.460 e. The minimum atomic E-state index is -0.328. The van der Waals surface area contributed by atoms with Gasteiger partial charge in [-0.3, -0.25) is 4.79 Å². The predicted octanol–water partition coefficient (Wildman–Crippen LogP) is 1.70. The molecule has 3 heteroatoms. The molecule has 0 amide bonds. The first-order valence-electron chi connectivity index (χ1n) is 4.23. The van der Waals surface area contributed by atoms with Crippen LogP contribution in [0.2, 0.25) is 0 Å². The molecule has 0 saturated carbocycles. The smallest absolute Gasteiger partial charge is 0.303 e. The molecule has 0 unspecified atom stereocenters. The molecule has 12 heavy (non-hydrogen) atoms. The summed E-state index contributed by atoms with van der Waals surface area (Å²) in [5.41, 5.74) is 4.70. The van der Waals surface area contributed by atoms with E-state index in [4.69, 9.17) is 10.5 Å². The highest BCUT2D eigenvalue weighted by atomic mass is 16.6. The van der Waals surface area contributed by atoms with Gasteiger partial charge in [-0.2, -0.15) is 0 Å². The van der Waals surface area contributed by atoms with Crippen molar-refractivity contribution in [3.05, 3.63) is 0 Å². The maximum atomic E-state index is 10.2. The van der Waals surface area contributed by atoms with E-state index in [1.165, 1.54) is 6.92 Å². The molecular formula is C9H21NO2. The van der Waals surface area contributed by atoms with Crippen LogP contribution in [0.3, 0.4) is 0 Å². The van der Waals surface area contributed by atoms with E-state index in [1.807, 2.05) is 20.8 Å². The van der Waals surface area contributed by atoms with Crippen LogP contribution in [0.15, 0.2) is 0 Å². The Hall–Kier alpha value is -0.570. The van der Waals surface area contributed by atoms with E-state index in [2.05, 4.69) is 6.92 Å². The Balaban J connectivity index is 0. The van der Waals surface area contributed by atoms with Gasteiger partial charge >= 0.3 is 5.97 Å². The van der Waals surface area contributed by atoms with E-state index in [-0.39, 0.29) is 11.6 Å². The second kappa shape index (κ2) is 7.10. The third-order valence-electron chi connectivity index (χ3n) is 0.739. The normalized spacial score (nSPS) is 9.83. The van der Waals surface area contributed by atoms with Crippen LogP contribution in [-0.2, 0) is 9.53 Å². The lowest BCUT2D eigenvalue weighted by atomic mass is 10.2. The fourth-order valence-electron chi connectivity index (χ4n) is 0.431. The quantitative estimate of drug-likeness (QED) is 0.617. The van der Waals surface area contributed by atoms with Crippen LogP contribution in [0.1, 0.15) is 41.0 Å². The van der Waals surface area contributed by atoms with Crippen molar-refractivity contribution < 1.29 is 9.53 Å². The minimum absolute atomic E-state index is 0.225. The molecule has 0 heterocycles. The zero-order valence-corrected chi connectivity index (χ0v) is 8.81. The fourth-order valence-corrected chi connectivity index (χ4v) is 0.431. The van der Waals surface area contributed by atoms with Crippen molar-refractivity contribution in [3.63, 3.8) is 0 Å². The van der Waals surface area contributed by atoms with E-state index in [0.717, 1.165) is 13.0 Å². The van der Waals surface area contributed by atoms with Crippen molar-refractivity contribution in [2.45, 2.75) is 46.6 Å². The summed E-state index contributed by atoms with van der Waals surface area (Å²) < 4.78 is 4.80. The number of rotatable bonds is 1. The molecule has 0 saturated heterocycles. The Morgan fingerprint density at radius 2 is 1.75 bits per heavy atom. The zero-order chi connectivity index (χ0) is 10.2. The molecule has 0 spiro atoms. The highest BCUT2D eigenvalue weighted by Crippen LogP contribution is 2.05. The molecule has 0 bridgehead atoms. The molecule has 0 aromatic rings. The van der Waals surface area contributed by atoms with Gasteiger partial charge in [-0.25, -0.2) is 0 Å². The van der Waals surface area contributed by atoms with E-state index < -0.39 is 0 Å². The Labute approximate surface area is 75.3 Å². The first-order valence-corrected chi connectivity index (χ1v) is 4.23. The highest BCUT2D eigenvalue weighted by molar-refractivity contribution is 5.66. The largest absolute Gasteiger partial charge is 0.460 e. The lowest BCUT2D eigenvalue weighted by Gasteiger charge is -2.17. The number of nitrogens with two attached hydrogens (primary N) is 1. The number of carbonyl (C=O) groups excluding carboxylic acids is 1. The van der Waals surface area contributed by atoms with Crippen molar-refractivity contribution in [2.24, 2.45) is 5.73 Å². The van der Waals surface area contributed by atoms with Crippen LogP contribution >= 0.6 is 0 Å². The summed E-state index contributed by atoms with van der Waals surface area (Å²) in [6, 6.07) is 0. The lowest BCUT2D eigenvalue weighted by Crippen LogP contribution is -2.21. The molecular weight excluding hydrogens is 154 g/mol. The van der Waals surface area contributed by atoms with Crippen molar-refractivity contribution in [2.75, 3.05) is 6.54 Å². The maximum absolute atomic E-state index is 10.2. The van der Waals surface area contributed by atoms with Crippen molar-refractivity contribution >= 4 is 5.97 Å². The summed E-state index contributed by atoms with van der Waals surface area (Å²) in [5.74, 6) is -0.225. The molecule has 0 aromatic carbocycles. The molecule has 0 radical (unpaired) electrons. The van der Waals surface area contributed by atoms with Crippen LogP contribution in [0.25, 0.3) is 0 Å². The van der Waals surface area contributed by atoms with Gasteiger partial charge in [-0.15, -0.1) is 0 Å². The number of ether oxygens (including phenoxy) is 1. The monoisotopic (exact) mass is 175 g/mol. The average Bonchev–Trinajstić information content (AvgIpc) is 1.83. The molecule has 0 aliphatic heterocycles. The van der Waals surface area contributed by atoms with Crippen LogP contribution in [-0.4, -0.2) is 18.1 Å². The third-order valence-corrected chi connectivity index (χ3v) is 0.739. The second-order valence-corrected chi connectivity index (χ2v) is 3.49. The maximum Gasteiger partial charge on any atom is 0.303 e. The molecule has 0 aromatic heterocycles. The first kappa shape index (κ1) is 14.0. The van der Waals surface area contributed by atoms with Crippen LogP contribution < -0.4 is 5.73 Å². The number of carbonyl (C=O) groups is 1. The van der Waals surface area contributed by atoms with Crippen LogP contribution in [0.5, 0.6) is 0 Å². The highest BCUT2D eigenvalue weighted by Gasteiger charge is 2.11. The van der Waals surface area contributed by atoms with E-state index in [9.17, 15) is 4.79 Å². The Bertz CT molecular complexity index is 114. The molecule has 0 fully saturated rings. The average molecular weight is 175 g/mol. The van der Waals surface area contributed by atoms with Gasteiger partial charge in [0, 0.05) is 6.92 Å². The molecule has 2 N–H and O–H groups in total. The molecule has 3 nitrogen and oxygen atoms in total. The van der Waals surface area contributed by atoms with Gasteiger partial charge in [-0.05, 0) is 33.7 Å². The SMILES string of the molecule is CC(=O)OC(C)(C)C.CCCN. The summed E-state index contributed by atoms with van der Waals surface area (Å²) in [5, 5.41) is 0. The second-order valence-electron chi connectivity index (χ2n) is 3.49. The topological polar surface area (TPSA) is 52.3 Å². The van der Waals surface area contributed by atoms with Gasteiger partial charge in [0.15, 0.2) is 0 Å². The molecule has 0 aliphatic rings. The predicted molar refractivity (Wildman–Crippen MR) is 50.9 cm³/mol. The van der Waals surface area contributed by atoms with Crippen molar-refractivity contribution in [1.82, 2.24) is 0 Å². The van der Waals surface area contributed by atoms with Crippen molar-refractivity contribution in [1.29, 1.82) is 0 Å². The molecule has 0 atom stereocenters. The first-order chi connectivity index (χ1) is 5.33. The summed E-state index contributed by atoms with van der Waals surface area (Å²) in [6.45, 7) is 9.81. The van der Waals surface area contributed by atoms with Gasteiger partial charge in [0.25, 0.3) is 0 Å². The summed E-state index contributed by atoms with van der Waals surface area (Å²) in [4.78, 5) is 10.2. The molecule has 0 rings (SSSR count). The molecule has 0 aliphatic carbocycles. The van der Waals surface area contributed by atoms with Gasteiger partial charge < -0.3 is 10.5 Å². The van der Waals surface area contributed by atoms with Crippen LogP contribution in [0.4, 0.5) is 0 Å². The van der Waals surface area contributed by atoms with Gasteiger partial charge in [0.2, 0.25) is 0 Å². The van der Waals surface area contributed by atoms with E-state index in [0.29, 0.717) is 0 Å². The number of esters is 1. The standard InChI is InChI=1S/C6H12O2.C3H9N/c1-5(7)8-6(2,3)4;1-2-3-4/h1-4H3;2-4H2,1H3. The fraction of sp³-hybridized carbons (Fsp3) is 0.889. The lowest BCUT2D eigenvalue weighted by molar-refractivity contribution is -0.151. The number of hydrogen-bond acceptors (Lipinski definition) is 3. The van der Waals surface area contributed by atoms with Gasteiger partial charge in [-0.1, -0.05) is 6.92 Å². The van der Waals surface area contributed by atoms with E-state index in [1.54, 1.807) is 0 Å². The number of hydrogen-bond donors (Lipinski definition) is 1. The Morgan fingerprint density at radius 3 is 1.75 bits per heavy atom. The Kier molecular flexibility index (Phi) is 8.27. The zero-order valence-electron chi connectivity index (χ0n) is 8.81.